The largest absolute Gasteiger partial charge is 0.416 e. The maximum Gasteiger partial charge on any atom is 0.416 e. The van der Waals surface area contributed by atoms with E-state index in [2.05, 4.69) is 25.1 Å². The van der Waals surface area contributed by atoms with Gasteiger partial charge in [-0.15, -0.1) is 0 Å². The summed E-state index contributed by atoms with van der Waals surface area (Å²) >= 11 is 0. The monoisotopic (exact) mass is 290 g/mol. The van der Waals surface area contributed by atoms with E-state index >= 15 is 0 Å². The van der Waals surface area contributed by atoms with Crippen molar-refractivity contribution in [3.05, 3.63) is 58.7 Å². The minimum atomic E-state index is -4.26. The Labute approximate surface area is 122 Å². The third kappa shape index (κ3) is 2.69. The highest BCUT2D eigenvalue weighted by atomic mass is 19.4. The summed E-state index contributed by atoms with van der Waals surface area (Å²) in [5, 5.41) is 0. The van der Waals surface area contributed by atoms with Crippen molar-refractivity contribution in [3.8, 4) is 11.1 Å². The average molecular weight is 290 g/mol. The minimum absolute atomic E-state index is 0.549. The predicted octanol–water partition coefficient (Wildman–Crippen LogP) is 5.42. The molecule has 0 saturated heterocycles. The van der Waals surface area contributed by atoms with E-state index < -0.39 is 11.7 Å². The fourth-order valence-electron chi connectivity index (χ4n) is 3.07. The van der Waals surface area contributed by atoms with Crippen LogP contribution < -0.4 is 0 Å². The maximum atomic E-state index is 12.8. The van der Waals surface area contributed by atoms with Crippen LogP contribution in [0.25, 0.3) is 11.1 Å². The highest BCUT2D eigenvalue weighted by Gasteiger charge is 2.31. The second kappa shape index (κ2) is 5.21. The van der Waals surface area contributed by atoms with E-state index in [0.717, 1.165) is 36.0 Å². The number of benzene rings is 2. The van der Waals surface area contributed by atoms with Gasteiger partial charge in [-0.25, -0.2) is 0 Å². The average Bonchev–Trinajstić information content (AvgIpc) is 2.45. The molecule has 0 aliphatic heterocycles. The minimum Gasteiger partial charge on any atom is -0.166 e. The van der Waals surface area contributed by atoms with Gasteiger partial charge >= 0.3 is 6.18 Å². The predicted molar refractivity (Wildman–Crippen MR) is 78.3 cm³/mol. The lowest BCUT2D eigenvalue weighted by atomic mass is 9.83. The third-order valence-electron chi connectivity index (χ3n) is 4.09. The van der Waals surface area contributed by atoms with Crippen LogP contribution in [0.5, 0.6) is 0 Å². The zero-order valence-electron chi connectivity index (χ0n) is 11.9. The molecule has 0 atom stereocenters. The van der Waals surface area contributed by atoms with E-state index in [1.54, 1.807) is 6.07 Å². The molecule has 0 spiro atoms. The normalized spacial score (nSPS) is 13.7. The summed E-state index contributed by atoms with van der Waals surface area (Å²) in [5.41, 5.74) is 4.87. The van der Waals surface area contributed by atoms with Gasteiger partial charge in [-0.1, -0.05) is 37.6 Å². The van der Waals surface area contributed by atoms with Crippen LogP contribution in [-0.4, -0.2) is 0 Å². The van der Waals surface area contributed by atoms with Crippen LogP contribution in [0, 0.1) is 0 Å². The molecule has 0 nitrogen and oxygen atoms in total. The van der Waals surface area contributed by atoms with Crippen LogP contribution in [0.1, 0.15) is 35.6 Å². The first-order valence-corrected chi connectivity index (χ1v) is 7.31. The molecule has 0 saturated carbocycles. The molecule has 110 valence electrons. The van der Waals surface area contributed by atoms with Gasteiger partial charge in [0, 0.05) is 0 Å². The first-order valence-electron chi connectivity index (χ1n) is 7.31. The van der Waals surface area contributed by atoms with Gasteiger partial charge in [0.05, 0.1) is 5.56 Å². The Kier molecular flexibility index (Phi) is 3.52. The topological polar surface area (TPSA) is 0 Å². The number of alkyl halides is 3. The van der Waals surface area contributed by atoms with Crippen molar-refractivity contribution < 1.29 is 13.2 Å². The highest BCUT2D eigenvalue weighted by molar-refractivity contribution is 5.73. The summed E-state index contributed by atoms with van der Waals surface area (Å²) in [6.45, 7) is 2.15. The van der Waals surface area contributed by atoms with Crippen molar-refractivity contribution in [1.82, 2.24) is 0 Å². The van der Waals surface area contributed by atoms with E-state index in [9.17, 15) is 13.2 Å². The fraction of sp³-hybridized carbons (Fsp3) is 0.333. The number of hydrogen-bond acceptors (Lipinski definition) is 0. The smallest absolute Gasteiger partial charge is 0.166 e. The number of hydrogen-bond donors (Lipinski definition) is 0. The molecule has 0 amide bonds. The van der Waals surface area contributed by atoms with Crippen LogP contribution in [0.15, 0.2) is 36.4 Å². The Morgan fingerprint density at radius 1 is 0.905 bits per heavy atom. The Morgan fingerprint density at radius 2 is 1.52 bits per heavy atom. The molecule has 0 bridgehead atoms. The van der Waals surface area contributed by atoms with Gasteiger partial charge in [-0.3, -0.25) is 0 Å². The number of rotatable bonds is 2. The van der Waals surface area contributed by atoms with Gasteiger partial charge in [0.15, 0.2) is 0 Å². The molecule has 1 aliphatic carbocycles. The third-order valence-corrected chi connectivity index (χ3v) is 4.09. The van der Waals surface area contributed by atoms with Gasteiger partial charge in [0.1, 0.15) is 0 Å². The van der Waals surface area contributed by atoms with Crippen LogP contribution in [0.2, 0.25) is 0 Å². The molecule has 21 heavy (non-hydrogen) atoms. The van der Waals surface area contributed by atoms with Gasteiger partial charge < -0.3 is 0 Å². The summed E-state index contributed by atoms with van der Waals surface area (Å²) in [6.07, 6.45) is -0.610. The zero-order valence-corrected chi connectivity index (χ0v) is 11.9. The van der Waals surface area contributed by atoms with Crippen molar-refractivity contribution in [3.63, 3.8) is 0 Å². The summed E-state index contributed by atoms with van der Waals surface area (Å²) in [6, 6.07) is 10.5. The molecule has 3 rings (SSSR count). The lowest BCUT2D eigenvalue weighted by molar-refractivity contribution is -0.137. The standard InChI is InChI=1S/C18H17F3/c1-2-3-12-4-8-16-13(10-12)5-6-14-11-15(18(19,20)21)7-9-17(14)16/h4,7-11H,2-3,5-6H2,1H3. The Bertz CT molecular complexity index is 669. The summed E-state index contributed by atoms with van der Waals surface area (Å²) in [7, 11) is 0. The molecule has 0 unspecified atom stereocenters. The second-order valence-electron chi connectivity index (χ2n) is 5.61. The molecule has 0 fully saturated rings. The Hall–Kier alpha value is -1.77. The quantitative estimate of drug-likeness (QED) is 0.692. The van der Waals surface area contributed by atoms with Gasteiger partial charge in [-0.2, -0.15) is 13.2 Å². The van der Waals surface area contributed by atoms with E-state index in [4.69, 9.17) is 0 Å². The van der Waals surface area contributed by atoms with Gasteiger partial charge in [-0.05, 0) is 59.2 Å². The number of halogens is 3. The van der Waals surface area contributed by atoms with E-state index in [0.29, 0.717) is 6.42 Å². The SMILES string of the molecule is CCCc1ccc2c(c1)CCc1cc(C(F)(F)F)ccc1-2. The zero-order chi connectivity index (χ0) is 15.0. The van der Waals surface area contributed by atoms with Crippen LogP contribution >= 0.6 is 0 Å². The first-order chi connectivity index (χ1) is 9.99. The lowest BCUT2D eigenvalue weighted by Crippen LogP contribution is -2.09. The Morgan fingerprint density at radius 3 is 2.14 bits per heavy atom. The van der Waals surface area contributed by atoms with Crippen molar-refractivity contribution in [2.75, 3.05) is 0 Å². The highest BCUT2D eigenvalue weighted by Crippen LogP contribution is 2.38. The van der Waals surface area contributed by atoms with Crippen molar-refractivity contribution in [2.45, 2.75) is 38.8 Å². The second-order valence-corrected chi connectivity index (χ2v) is 5.61. The molecule has 2 aromatic carbocycles. The Balaban J connectivity index is 2.03. The molecular formula is C18H17F3. The number of fused-ring (bicyclic) bond motifs is 3. The molecular weight excluding hydrogens is 273 g/mol. The summed E-state index contributed by atoms with van der Waals surface area (Å²) < 4.78 is 38.4. The number of aryl methyl sites for hydroxylation is 3. The van der Waals surface area contributed by atoms with Crippen molar-refractivity contribution in [2.24, 2.45) is 0 Å². The van der Waals surface area contributed by atoms with Crippen LogP contribution in [0.3, 0.4) is 0 Å². The van der Waals surface area contributed by atoms with E-state index in [1.165, 1.54) is 23.3 Å². The maximum absolute atomic E-state index is 12.8. The van der Waals surface area contributed by atoms with Crippen LogP contribution in [0.4, 0.5) is 13.2 Å². The lowest BCUT2D eigenvalue weighted by Gasteiger charge is -2.22. The van der Waals surface area contributed by atoms with Gasteiger partial charge in [0.2, 0.25) is 0 Å². The van der Waals surface area contributed by atoms with Crippen molar-refractivity contribution >= 4 is 0 Å². The summed E-state index contributed by atoms with van der Waals surface area (Å²) in [5.74, 6) is 0. The fourth-order valence-corrected chi connectivity index (χ4v) is 3.07. The first kappa shape index (κ1) is 14.2. The molecule has 2 aromatic rings. The van der Waals surface area contributed by atoms with E-state index in [-0.39, 0.29) is 0 Å². The molecule has 0 radical (unpaired) electrons. The molecule has 0 heterocycles. The molecule has 0 N–H and O–H groups in total. The molecule has 3 heteroatoms. The van der Waals surface area contributed by atoms with Gasteiger partial charge in [0.25, 0.3) is 0 Å². The van der Waals surface area contributed by atoms with Crippen LogP contribution in [-0.2, 0) is 25.4 Å². The molecule has 0 aromatic heterocycles. The molecule has 1 aliphatic rings. The summed E-state index contributed by atoms with van der Waals surface area (Å²) in [4.78, 5) is 0. The van der Waals surface area contributed by atoms with Crippen molar-refractivity contribution in [1.29, 1.82) is 0 Å². The van der Waals surface area contributed by atoms with E-state index in [1.807, 2.05) is 0 Å².